The van der Waals surface area contributed by atoms with Crippen molar-refractivity contribution in [2.75, 3.05) is 0 Å². The summed E-state index contributed by atoms with van der Waals surface area (Å²) < 4.78 is 2.01. The monoisotopic (exact) mass is 214 g/mol. The van der Waals surface area contributed by atoms with Gasteiger partial charge in [-0.15, -0.1) is 0 Å². The maximum absolute atomic E-state index is 9.86. The van der Waals surface area contributed by atoms with Gasteiger partial charge in [-0.2, -0.15) is 0 Å². The van der Waals surface area contributed by atoms with Gasteiger partial charge in [0.15, 0.2) is 0 Å². The molecule has 0 saturated carbocycles. The molecular formula is C10H15ClN2O. The van der Waals surface area contributed by atoms with Crippen molar-refractivity contribution in [2.24, 2.45) is 0 Å². The van der Waals surface area contributed by atoms with Gasteiger partial charge in [0.1, 0.15) is 22.3 Å². The molecule has 14 heavy (non-hydrogen) atoms. The van der Waals surface area contributed by atoms with E-state index in [9.17, 15) is 5.11 Å². The van der Waals surface area contributed by atoms with Gasteiger partial charge in [-0.25, -0.2) is 4.98 Å². The largest absolute Gasteiger partial charge is 0.384 e. The number of fused-ring (bicyclic) bond motifs is 1. The van der Waals surface area contributed by atoms with Crippen LogP contribution in [0.2, 0.25) is 5.15 Å². The Morgan fingerprint density at radius 2 is 2.14 bits per heavy atom. The van der Waals surface area contributed by atoms with Gasteiger partial charge in [0.25, 0.3) is 0 Å². The molecule has 0 unspecified atom stereocenters. The maximum atomic E-state index is 9.86. The van der Waals surface area contributed by atoms with Crippen LogP contribution >= 0.6 is 11.6 Å². The summed E-state index contributed by atoms with van der Waals surface area (Å²) in [6.45, 7) is 4.36. The van der Waals surface area contributed by atoms with Crippen LogP contribution in [0.1, 0.15) is 38.2 Å². The van der Waals surface area contributed by atoms with Gasteiger partial charge < -0.3 is 9.67 Å². The number of aromatic nitrogens is 2. The average molecular weight is 215 g/mol. The van der Waals surface area contributed by atoms with Crippen molar-refractivity contribution in [3.63, 3.8) is 0 Å². The number of halogens is 1. The molecule has 0 fully saturated rings. The SMILES string of the molecule is CC(C)(O)c1nc2n(c1Cl)CCCC2. The summed E-state index contributed by atoms with van der Waals surface area (Å²) in [5.74, 6) is 1.01. The summed E-state index contributed by atoms with van der Waals surface area (Å²) in [5.41, 5.74) is -0.336. The Kier molecular flexibility index (Phi) is 2.32. The molecule has 0 atom stereocenters. The van der Waals surface area contributed by atoms with Gasteiger partial charge in [0.05, 0.1) is 0 Å². The number of hydrogen-bond acceptors (Lipinski definition) is 2. The second kappa shape index (κ2) is 3.24. The van der Waals surface area contributed by atoms with E-state index >= 15 is 0 Å². The van der Waals surface area contributed by atoms with E-state index in [1.165, 1.54) is 6.42 Å². The van der Waals surface area contributed by atoms with Crippen molar-refractivity contribution >= 4 is 11.6 Å². The van der Waals surface area contributed by atoms with Gasteiger partial charge in [0, 0.05) is 13.0 Å². The first kappa shape index (κ1) is 9.99. The van der Waals surface area contributed by atoms with Crippen molar-refractivity contribution in [3.05, 3.63) is 16.7 Å². The highest BCUT2D eigenvalue weighted by Gasteiger charge is 2.27. The van der Waals surface area contributed by atoms with Crippen LogP contribution in [0.3, 0.4) is 0 Å². The van der Waals surface area contributed by atoms with E-state index in [0.717, 1.165) is 25.2 Å². The predicted molar refractivity (Wildman–Crippen MR) is 55.4 cm³/mol. The van der Waals surface area contributed by atoms with Gasteiger partial charge in [-0.3, -0.25) is 0 Å². The van der Waals surface area contributed by atoms with Crippen LogP contribution in [-0.2, 0) is 18.6 Å². The summed E-state index contributed by atoms with van der Waals surface area (Å²) in [5, 5.41) is 10.5. The van der Waals surface area contributed by atoms with Gasteiger partial charge in [-0.05, 0) is 26.7 Å². The molecule has 1 aliphatic heterocycles. The first-order chi connectivity index (χ1) is 6.50. The highest BCUT2D eigenvalue weighted by molar-refractivity contribution is 6.30. The Morgan fingerprint density at radius 3 is 2.71 bits per heavy atom. The van der Waals surface area contributed by atoms with Crippen molar-refractivity contribution in [2.45, 2.75) is 45.3 Å². The third kappa shape index (κ3) is 1.55. The van der Waals surface area contributed by atoms with Crippen LogP contribution in [-0.4, -0.2) is 14.7 Å². The van der Waals surface area contributed by atoms with Crippen LogP contribution in [0.15, 0.2) is 0 Å². The first-order valence-corrected chi connectivity index (χ1v) is 5.35. The Morgan fingerprint density at radius 1 is 1.43 bits per heavy atom. The number of hydrogen-bond donors (Lipinski definition) is 1. The minimum atomic E-state index is -0.943. The maximum Gasteiger partial charge on any atom is 0.135 e. The molecule has 0 radical (unpaired) electrons. The third-order valence-corrected chi connectivity index (χ3v) is 2.98. The third-order valence-electron chi connectivity index (χ3n) is 2.60. The predicted octanol–water partition coefficient (Wildman–Crippen LogP) is 2.10. The number of imidazole rings is 1. The lowest BCUT2D eigenvalue weighted by atomic mass is 10.1. The normalized spacial score (nSPS) is 16.9. The summed E-state index contributed by atoms with van der Waals surface area (Å²) in [6, 6.07) is 0. The van der Waals surface area contributed by atoms with Crippen LogP contribution < -0.4 is 0 Å². The molecule has 0 spiro atoms. The topological polar surface area (TPSA) is 38.1 Å². The smallest absolute Gasteiger partial charge is 0.135 e. The molecule has 0 saturated heterocycles. The van der Waals surface area contributed by atoms with Crippen LogP contribution in [0, 0.1) is 0 Å². The fraction of sp³-hybridized carbons (Fsp3) is 0.700. The van der Waals surface area contributed by atoms with E-state index in [1.54, 1.807) is 13.8 Å². The Bertz CT molecular complexity index is 352. The molecule has 1 aromatic heterocycles. The zero-order valence-corrected chi connectivity index (χ0v) is 9.30. The summed E-state index contributed by atoms with van der Waals surface area (Å²) in [7, 11) is 0. The van der Waals surface area contributed by atoms with E-state index in [1.807, 2.05) is 4.57 Å². The van der Waals surface area contributed by atoms with E-state index in [2.05, 4.69) is 4.98 Å². The zero-order chi connectivity index (χ0) is 10.3. The molecule has 4 heteroatoms. The van der Waals surface area contributed by atoms with Crippen LogP contribution in [0.4, 0.5) is 0 Å². The minimum absolute atomic E-state index is 0.604. The zero-order valence-electron chi connectivity index (χ0n) is 8.55. The molecule has 78 valence electrons. The van der Waals surface area contributed by atoms with Crippen molar-refractivity contribution in [1.82, 2.24) is 9.55 Å². The lowest BCUT2D eigenvalue weighted by molar-refractivity contribution is 0.0742. The number of aliphatic hydroxyl groups is 1. The molecule has 0 amide bonds. The lowest BCUT2D eigenvalue weighted by Gasteiger charge is -2.15. The van der Waals surface area contributed by atoms with Crippen molar-refractivity contribution < 1.29 is 5.11 Å². The quantitative estimate of drug-likeness (QED) is 0.778. The summed E-state index contributed by atoms with van der Waals surface area (Å²) in [6.07, 6.45) is 3.28. The highest BCUT2D eigenvalue weighted by atomic mass is 35.5. The van der Waals surface area contributed by atoms with Crippen molar-refractivity contribution in [1.29, 1.82) is 0 Å². The van der Waals surface area contributed by atoms with Gasteiger partial charge in [0.2, 0.25) is 0 Å². The average Bonchev–Trinajstić information content (AvgIpc) is 2.44. The number of nitrogens with zero attached hydrogens (tertiary/aromatic N) is 2. The number of aryl methyl sites for hydroxylation is 1. The molecule has 2 heterocycles. The molecule has 0 bridgehead atoms. The molecule has 1 aliphatic rings. The summed E-state index contributed by atoms with van der Waals surface area (Å²) in [4.78, 5) is 4.40. The van der Waals surface area contributed by atoms with Gasteiger partial charge >= 0.3 is 0 Å². The molecule has 1 aromatic rings. The first-order valence-electron chi connectivity index (χ1n) is 4.98. The number of rotatable bonds is 1. The minimum Gasteiger partial charge on any atom is -0.384 e. The molecule has 0 aromatic carbocycles. The lowest BCUT2D eigenvalue weighted by Crippen LogP contribution is -2.16. The Hall–Kier alpha value is -0.540. The molecule has 1 N–H and O–H groups in total. The summed E-state index contributed by atoms with van der Waals surface area (Å²) >= 11 is 6.17. The molecule has 2 rings (SSSR count). The fourth-order valence-electron chi connectivity index (χ4n) is 1.84. The molecule has 0 aliphatic carbocycles. The van der Waals surface area contributed by atoms with E-state index in [0.29, 0.717) is 10.8 Å². The van der Waals surface area contributed by atoms with E-state index in [-0.39, 0.29) is 0 Å². The van der Waals surface area contributed by atoms with Crippen LogP contribution in [0.25, 0.3) is 0 Å². The van der Waals surface area contributed by atoms with Crippen LogP contribution in [0.5, 0.6) is 0 Å². The fourth-order valence-corrected chi connectivity index (χ4v) is 2.29. The Balaban J connectivity index is 2.49. The Labute approximate surface area is 88.7 Å². The second-order valence-corrected chi connectivity index (χ2v) is 4.69. The standard InChI is InChI=1S/C10H15ClN2O/c1-10(2,14)8-9(11)13-6-4-3-5-7(13)12-8/h14H,3-6H2,1-2H3. The van der Waals surface area contributed by atoms with Gasteiger partial charge in [-0.1, -0.05) is 11.6 Å². The van der Waals surface area contributed by atoms with Crippen molar-refractivity contribution in [3.8, 4) is 0 Å². The van der Waals surface area contributed by atoms with E-state index < -0.39 is 5.60 Å². The molecule has 3 nitrogen and oxygen atoms in total. The molecular weight excluding hydrogens is 200 g/mol. The second-order valence-electron chi connectivity index (χ2n) is 4.34. The highest BCUT2D eigenvalue weighted by Crippen LogP contribution is 2.30. The van der Waals surface area contributed by atoms with E-state index in [4.69, 9.17) is 11.6 Å².